The minimum absolute atomic E-state index is 0.0700. The molecule has 1 saturated heterocycles. The summed E-state index contributed by atoms with van der Waals surface area (Å²) < 4.78 is 5.69. The Kier molecular flexibility index (Phi) is 5.15. The third-order valence-electron chi connectivity index (χ3n) is 3.49. The number of morpholine rings is 1. The average Bonchev–Trinajstić information content (AvgIpc) is 2.38. The molecule has 0 aromatic heterocycles. The number of carbonyl (C=O) groups is 1. The fraction of sp³-hybridized carbons (Fsp3) is 0.562. The molecule has 0 unspecified atom stereocenters. The van der Waals surface area contributed by atoms with Gasteiger partial charge in [-0.05, 0) is 32.9 Å². The van der Waals surface area contributed by atoms with Gasteiger partial charge in [0.1, 0.15) is 0 Å². The normalized spacial score (nSPS) is 23.6. The maximum Gasteiger partial charge on any atom is 0.225 e. The van der Waals surface area contributed by atoms with Crippen LogP contribution in [0.2, 0.25) is 0 Å². The number of nitrogens with one attached hydrogen (secondary N) is 1. The second-order valence-electron chi connectivity index (χ2n) is 5.68. The van der Waals surface area contributed by atoms with Gasteiger partial charge in [0, 0.05) is 31.7 Å². The first kappa shape index (κ1) is 15.0. The van der Waals surface area contributed by atoms with Crippen molar-refractivity contribution < 1.29 is 9.53 Å². The number of amides is 1. The van der Waals surface area contributed by atoms with E-state index in [1.54, 1.807) is 0 Å². The molecule has 110 valence electrons. The maximum absolute atomic E-state index is 11.9. The Labute approximate surface area is 121 Å². The topological polar surface area (TPSA) is 41.6 Å². The van der Waals surface area contributed by atoms with E-state index in [2.05, 4.69) is 24.1 Å². The van der Waals surface area contributed by atoms with Crippen LogP contribution >= 0.6 is 0 Å². The summed E-state index contributed by atoms with van der Waals surface area (Å²) in [5, 5.41) is 2.93. The Bertz CT molecular complexity index is 434. The highest BCUT2D eigenvalue weighted by atomic mass is 16.5. The van der Waals surface area contributed by atoms with Crippen LogP contribution in [-0.2, 0) is 9.53 Å². The Morgan fingerprint density at radius 3 is 2.45 bits per heavy atom. The summed E-state index contributed by atoms with van der Waals surface area (Å²) in [7, 11) is 0. The third-order valence-corrected chi connectivity index (χ3v) is 3.49. The molecule has 1 aromatic carbocycles. The van der Waals surface area contributed by atoms with Crippen molar-refractivity contribution in [2.24, 2.45) is 0 Å². The second-order valence-corrected chi connectivity index (χ2v) is 5.68. The van der Waals surface area contributed by atoms with Crippen molar-refractivity contribution in [2.45, 2.75) is 39.4 Å². The van der Waals surface area contributed by atoms with Crippen molar-refractivity contribution in [3.05, 3.63) is 29.8 Å². The van der Waals surface area contributed by atoms with E-state index in [0.717, 1.165) is 25.3 Å². The van der Waals surface area contributed by atoms with E-state index in [-0.39, 0.29) is 18.1 Å². The second kappa shape index (κ2) is 6.86. The number of hydrogen-bond acceptors (Lipinski definition) is 3. The van der Waals surface area contributed by atoms with Gasteiger partial charge in [-0.1, -0.05) is 17.7 Å². The molecule has 0 spiro atoms. The zero-order valence-corrected chi connectivity index (χ0v) is 12.6. The van der Waals surface area contributed by atoms with Crippen molar-refractivity contribution in [3.63, 3.8) is 0 Å². The van der Waals surface area contributed by atoms with E-state index >= 15 is 0 Å². The highest BCUT2D eigenvalue weighted by molar-refractivity contribution is 5.90. The number of hydrogen-bond donors (Lipinski definition) is 1. The first-order valence-corrected chi connectivity index (χ1v) is 7.27. The number of nitrogens with zero attached hydrogens (tertiary/aromatic N) is 1. The fourth-order valence-corrected chi connectivity index (χ4v) is 2.59. The zero-order valence-electron chi connectivity index (χ0n) is 12.6. The van der Waals surface area contributed by atoms with E-state index in [9.17, 15) is 4.79 Å². The molecule has 4 nitrogen and oxygen atoms in total. The zero-order chi connectivity index (χ0) is 14.5. The lowest BCUT2D eigenvalue weighted by molar-refractivity contribution is -0.117. The van der Waals surface area contributed by atoms with Gasteiger partial charge in [-0.15, -0.1) is 0 Å². The summed E-state index contributed by atoms with van der Waals surface area (Å²) in [6.45, 7) is 8.79. The van der Waals surface area contributed by atoms with Gasteiger partial charge < -0.3 is 10.1 Å². The predicted octanol–water partition coefficient (Wildman–Crippen LogP) is 2.43. The molecule has 0 saturated carbocycles. The molecule has 2 rings (SSSR count). The van der Waals surface area contributed by atoms with Gasteiger partial charge in [-0.3, -0.25) is 9.69 Å². The van der Waals surface area contributed by atoms with Gasteiger partial charge in [0.25, 0.3) is 0 Å². The molecule has 2 atom stereocenters. The highest BCUT2D eigenvalue weighted by Crippen LogP contribution is 2.12. The lowest BCUT2D eigenvalue weighted by Crippen LogP contribution is -2.46. The number of aryl methyl sites for hydroxylation is 1. The summed E-state index contributed by atoms with van der Waals surface area (Å²) in [4.78, 5) is 14.2. The van der Waals surface area contributed by atoms with E-state index < -0.39 is 0 Å². The molecule has 0 bridgehead atoms. The van der Waals surface area contributed by atoms with E-state index in [4.69, 9.17) is 4.74 Å². The molecule has 1 heterocycles. The van der Waals surface area contributed by atoms with Crippen LogP contribution < -0.4 is 5.32 Å². The smallest absolute Gasteiger partial charge is 0.225 e. The van der Waals surface area contributed by atoms with Crippen molar-refractivity contribution in [1.82, 2.24) is 4.90 Å². The van der Waals surface area contributed by atoms with Crippen LogP contribution in [-0.4, -0.2) is 42.6 Å². The Hall–Kier alpha value is -1.39. The summed E-state index contributed by atoms with van der Waals surface area (Å²) >= 11 is 0. The lowest BCUT2D eigenvalue weighted by Gasteiger charge is -2.35. The molecule has 0 radical (unpaired) electrons. The lowest BCUT2D eigenvalue weighted by atomic mass is 10.2. The van der Waals surface area contributed by atoms with Gasteiger partial charge in [-0.2, -0.15) is 0 Å². The van der Waals surface area contributed by atoms with Crippen LogP contribution in [0.15, 0.2) is 24.3 Å². The third kappa shape index (κ3) is 4.62. The van der Waals surface area contributed by atoms with Crippen LogP contribution in [0.3, 0.4) is 0 Å². The predicted molar refractivity (Wildman–Crippen MR) is 80.9 cm³/mol. The number of ether oxygens (including phenoxy) is 1. The molecule has 1 aliphatic rings. The maximum atomic E-state index is 11.9. The molecule has 1 amide bonds. The summed E-state index contributed by atoms with van der Waals surface area (Å²) in [6, 6.07) is 7.88. The fourth-order valence-electron chi connectivity index (χ4n) is 2.59. The number of benzene rings is 1. The van der Waals surface area contributed by atoms with E-state index in [1.165, 1.54) is 5.56 Å². The van der Waals surface area contributed by atoms with Gasteiger partial charge >= 0.3 is 0 Å². The molecule has 1 aliphatic heterocycles. The van der Waals surface area contributed by atoms with Gasteiger partial charge in [-0.25, -0.2) is 0 Å². The van der Waals surface area contributed by atoms with Crippen molar-refractivity contribution in [3.8, 4) is 0 Å². The highest BCUT2D eigenvalue weighted by Gasteiger charge is 2.22. The van der Waals surface area contributed by atoms with Gasteiger partial charge in [0.2, 0.25) is 5.91 Å². The van der Waals surface area contributed by atoms with Crippen molar-refractivity contribution >= 4 is 11.6 Å². The molecule has 4 heteroatoms. The van der Waals surface area contributed by atoms with Crippen LogP contribution in [0.5, 0.6) is 0 Å². The first-order valence-electron chi connectivity index (χ1n) is 7.27. The molecular formula is C16H24N2O2. The largest absolute Gasteiger partial charge is 0.373 e. The SMILES string of the molecule is Cc1ccc(NC(=O)CCN2C[C@@H](C)O[C@H](C)C2)cc1. The van der Waals surface area contributed by atoms with E-state index in [1.807, 2.05) is 31.2 Å². The van der Waals surface area contributed by atoms with Crippen LogP contribution in [0.25, 0.3) is 0 Å². The Balaban J connectivity index is 1.76. The molecular weight excluding hydrogens is 252 g/mol. The Morgan fingerprint density at radius 2 is 1.85 bits per heavy atom. The average molecular weight is 276 g/mol. The molecule has 1 N–H and O–H groups in total. The van der Waals surface area contributed by atoms with Crippen molar-refractivity contribution in [1.29, 1.82) is 0 Å². The minimum atomic E-state index is 0.0700. The van der Waals surface area contributed by atoms with Crippen molar-refractivity contribution in [2.75, 3.05) is 25.0 Å². The summed E-state index contributed by atoms with van der Waals surface area (Å²) in [6.07, 6.45) is 1.02. The van der Waals surface area contributed by atoms with Crippen LogP contribution in [0.4, 0.5) is 5.69 Å². The van der Waals surface area contributed by atoms with E-state index in [0.29, 0.717) is 6.42 Å². The number of anilines is 1. The van der Waals surface area contributed by atoms with Crippen LogP contribution in [0, 0.1) is 6.92 Å². The monoisotopic (exact) mass is 276 g/mol. The number of rotatable bonds is 4. The summed E-state index contributed by atoms with van der Waals surface area (Å²) in [5.41, 5.74) is 2.06. The van der Waals surface area contributed by atoms with Crippen LogP contribution in [0.1, 0.15) is 25.8 Å². The standard InChI is InChI=1S/C16H24N2O2/c1-12-4-6-15(7-5-12)17-16(19)8-9-18-10-13(2)20-14(3)11-18/h4-7,13-14H,8-11H2,1-3H3,(H,17,19)/t13-,14-/m1/s1. The molecule has 20 heavy (non-hydrogen) atoms. The minimum Gasteiger partial charge on any atom is -0.373 e. The van der Waals surface area contributed by atoms with Gasteiger partial charge in [0.15, 0.2) is 0 Å². The Morgan fingerprint density at radius 1 is 1.25 bits per heavy atom. The summed E-state index contributed by atoms with van der Waals surface area (Å²) in [5.74, 6) is 0.0700. The molecule has 1 fully saturated rings. The first-order chi connectivity index (χ1) is 9.52. The van der Waals surface area contributed by atoms with Gasteiger partial charge in [0.05, 0.1) is 12.2 Å². The number of carbonyl (C=O) groups excluding carboxylic acids is 1. The molecule has 0 aliphatic carbocycles. The molecule has 1 aromatic rings. The quantitative estimate of drug-likeness (QED) is 0.918.